The van der Waals surface area contributed by atoms with Crippen molar-refractivity contribution in [3.8, 4) is 0 Å². The summed E-state index contributed by atoms with van der Waals surface area (Å²) < 4.78 is 4.79. The molecule has 1 aliphatic heterocycles. The first kappa shape index (κ1) is 19.9. The van der Waals surface area contributed by atoms with E-state index in [4.69, 9.17) is 9.84 Å². The SMILES string of the molecule is CCC(O)(CC)c1ccccc1NC1=C(C(=O)OC)CN(CCO)C1=O. The number of nitrogens with zero attached hydrogens (tertiary/aromatic N) is 1. The maximum absolute atomic E-state index is 12.7. The first-order valence-corrected chi connectivity index (χ1v) is 8.72. The summed E-state index contributed by atoms with van der Waals surface area (Å²) in [6, 6.07) is 7.18. The van der Waals surface area contributed by atoms with E-state index in [-0.39, 0.29) is 36.9 Å². The first-order valence-electron chi connectivity index (χ1n) is 8.72. The van der Waals surface area contributed by atoms with E-state index >= 15 is 0 Å². The third kappa shape index (κ3) is 3.73. The van der Waals surface area contributed by atoms with Crippen LogP contribution in [-0.2, 0) is 19.9 Å². The summed E-state index contributed by atoms with van der Waals surface area (Å²) in [5, 5.41) is 23.1. The quantitative estimate of drug-likeness (QED) is 0.604. The van der Waals surface area contributed by atoms with Crippen LogP contribution in [0.1, 0.15) is 32.3 Å². The molecule has 0 atom stereocenters. The lowest BCUT2D eigenvalue weighted by molar-refractivity contribution is -0.136. The summed E-state index contributed by atoms with van der Waals surface area (Å²) in [6.07, 6.45) is 1.02. The maximum Gasteiger partial charge on any atom is 0.337 e. The fraction of sp³-hybridized carbons (Fsp3) is 0.474. The number of aliphatic hydroxyl groups excluding tert-OH is 1. The van der Waals surface area contributed by atoms with Gasteiger partial charge in [0.25, 0.3) is 5.91 Å². The molecule has 0 fully saturated rings. The van der Waals surface area contributed by atoms with Gasteiger partial charge in [-0.3, -0.25) is 4.79 Å². The molecule has 26 heavy (non-hydrogen) atoms. The van der Waals surface area contributed by atoms with Crippen LogP contribution >= 0.6 is 0 Å². The molecule has 7 nitrogen and oxygen atoms in total. The normalized spacial score (nSPS) is 14.8. The minimum Gasteiger partial charge on any atom is -0.466 e. The number of anilines is 1. The number of carbonyl (C=O) groups excluding carboxylic acids is 2. The van der Waals surface area contributed by atoms with Crippen LogP contribution in [0.4, 0.5) is 5.69 Å². The Morgan fingerprint density at radius 3 is 2.54 bits per heavy atom. The van der Waals surface area contributed by atoms with Crippen LogP contribution in [0.15, 0.2) is 35.5 Å². The topological polar surface area (TPSA) is 99.1 Å². The lowest BCUT2D eigenvalue weighted by Crippen LogP contribution is -2.32. The molecule has 0 spiro atoms. The highest BCUT2D eigenvalue weighted by molar-refractivity contribution is 6.08. The molecule has 1 aliphatic rings. The van der Waals surface area contributed by atoms with Crippen LogP contribution in [-0.4, -0.2) is 53.8 Å². The molecule has 1 amide bonds. The van der Waals surface area contributed by atoms with Gasteiger partial charge in [-0.15, -0.1) is 0 Å². The molecule has 2 rings (SSSR count). The third-order valence-electron chi connectivity index (χ3n) is 4.81. The van der Waals surface area contributed by atoms with Gasteiger partial charge in [0.15, 0.2) is 0 Å². The van der Waals surface area contributed by atoms with Gasteiger partial charge in [-0.1, -0.05) is 32.0 Å². The monoisotopic (exact) mass is 362 g/mol. The Kier molecular flexibility index (Phi) is 6.39. The van der Waals surface area contributed by atoms with Crippen molar-refractivity contribution in [3.05, 3.63) is 41.1 Å². The molecule has 3 N–H and O–H groups in total. The lowest BCUT2D eigenvalue weighted by Gasteiger charge is -2.28. The standard InChI is InChI=1S/C19H26N2O5/c1-4-19(25,5-2)14-8-6-7-9-15(14)20-16-13(18(24)26-3)12-21(10-11-22)17(16)23/h6-9,20,22,25H,4-5,10-12H2,1-3H3. The fourth-order valence-electron chi connectivity index (χ4n) is 3.11. The number of hydrogen-bond acceptors (Lipinski definition) is 6. The number of para-hydroxylation sites is 1. The maximum atomic E-state index is 12.7. The average molecular weight is 362 g/mol. The van der Waals surface area contributed by atoms with E-state index in [9.17, 15) is 14.7 Å². The van der Waals surface area contributed by atoms with E-state index in [1.165, 1.54) is 12.0 Å². The Labute approximate surface area is 153 Å². The number of esters is 1. The molecular weight excluding hydrogens is 336 g/mol. The zero-order valence-corrected chi connectivity index (χ0v) is 15.4. The van der Waals surface area contributed by atoms with Gasteiger partial charge in [0.05, 0.1) is 31.4 Å². The van der Waals surface area contributed by atoms with Crippen molar-refractivity contribution in [1.82, 2.24) is 4.90 Å². The van der Waals surface area contributed by atoms with E-state index in [1.54, 1.807) is 18.2 Å². The number of β-amino-alcohol motifs (C(OH)–C–C–N with tert-alkyl or cyclic N) is 1. The van der Waals surface area contributed by atoms with Gasteiger partial charge in [0, 0.05) is 17.8 Å². The minimum absolute atomic E-state index is 0.0718. The van der Waals surface area contributed by atoms with E-state index in [0.29, 0.717) is 24.1 Å². The first-order chi connectivity index (χ1) is 12.4. The predicted molar refractivity (Wildman–Crippen MR) is 97.3 cm³/mol. The van der Waals surface area contributed by atoms with Gasteiger partial charge in [-0.25, -0.2) is 4.79 Å². The second kappa shape index (κ2) is 8.33. The molecule has 7 heteroatoms. The van der Waals surface area contributed by atoms with E-state index in [0.717, 1.165) is 0 Å². The Bertz CT molecular complexity index is 710. The molecule has 0 unspecified atom stereocenters. The molecule has 1 heterocycles. The van der Waals surface area contributed by atoms with E-state index in [1.807, 2.05) is 19.9 Å². The van der Waals surface area contributed by atoms with Crippen LogP contribution < -0.4 is 5.32 Å². The highest BCUT2D eigenvalue weighted by atomic mass is 16.5. The number of benzene rings is 1. The van der Waals surface area contributed by atoms with Crippen LogP contribution in [0, 0.1) is 0 Å². The van der Waals surface area contributed by atoms with Crippen molar-refractivity contribution in [2.24, 2.45) is 0 Å². The summed E-state index contributed by atoms with van der Waals surface area (Å²) >= 11 is 0. The van der Waals surface area contributed by atoms with Crippen molar-refractivity contribution < 1.29 is 24.5 Å². The van der Waals surface area contributed by atoms with Crippen molar-refractivity contribution in [2.75, 3.05) is 32.1 Å². The highest BCUT2D eigenvalue weighted by Crippen LogP contribution is 2.35. The summed E-state index contributed by atoms with van der Waals surface area (Å²) in [5.41, 5.74) is 0.510. The Hall–Kier alpha value is -2.38. The van der Waals surface area contributed by atoms with Gasteiger partial charge in [0.1, 0.15) is 5.70 Å². The number of amides is 1. The predicted octanol–water partition coefficient (Wildman–Crippen LogP) is 1.37. The Balaban J connectivity index is 2.45. The summed E-state index contributed by atoms with van der Waals surface area (Å²) in [4.78, 5) is 26.1. The van der Waals surface area contributed by atoms with Gasteiger partial charge in [-0.05, 0) is 18.9 Å². The van der Waals surface area contributed by atoms with Crippen molar-refractivity contribution >= 4 is 17.6 Å². The molecule has 1 aromatic rings. The lowest BCUT2D eigenvalue weighted by atomic mass is 9.87. The number of carbonyl (C=O) groups is 2. The van der Waals surface area contributed by atoms with E-state index < -0.39 is 11.6 Å². The zero-order valence-electron chi connectivity index (χ0n) is 15.4. The third-order valence-corrected chi connectivity index (χ3v) is 4.81. The number of hydrogen-bond donors (Lipinski definition) is 3. The smallest absolute Gasteiger partial charge is 0.337 e. The molecule has 142 valence electrons. The van der Waals surface area contributed by atoms with Gasteiger partial charge < -0.3 is 25.2 Å². The van der Waals surface area contributed by atoms with Crippen molar-refractivity contribution in [3.63, 3.8) is 0 Å². The van der Waals surface area contributed by atoms with Crippen molar-refractivity contribution in [1.29, 1.82) is 0 Å². The summed E-state index contributed by atoms with van der Waals surface area (Å²) in [6.45, 7) is 3.78. The van der Waals surface area contributed by atoms with Gasteiger partial charge in [-0.2, -0.15) is 0 Å². The number of rotatable bonds is 8. The molecule has 0 radical (unpaired) electrons. The number of aliphatic hydroxyl groups is 2. The molecule has 0 bridgehead atoms. The molecule has 0 saturated carbocycles. The summed E-state index contributed by atoms with van der Waals surface area (Å²) in [5.74, 6) is -0.981. The van der Waals surface area contributed by atoms with Gasteiger partial charge in [0.2, 0.25) is 0 Å². The van der Waals surface area contributed by atoms with Crippen LogP contribution in [0.25, 0.3) is 0 Å². The molecule has 0 aliphatic carbocycles. The van der Waals surface area contributed by atoms with Crippen LogP contribution in [0.3, 0.4) is 0 Å². The largest absolute Gasteiger partial charge is 0.466 e. The molecule has 0 aromatic heterocycles. The number of nitrogens with one attached hydrogen (secondary N) is 1. The van der Waals surface area contributed by atoms with E-state index in [2.05, 4.69) is 5.32 Å². The fourth-order valence-corrected chi connectivity index (χ4v) is 3.11. The molecular formula is C19H26N2O5. The Morgan fingerprint density at radius 1 is 1.31 bits per heavy atom. The summed E-state index contributed by atoms with van der Waals surface area (Å²) in [7, 11) is 1.26. The second-order valence-electron chi connectivity index (χ2n) is 6.20. The minimum atomic E-state index is -1.04. The molecule has 1 aromatic carbocycles. The van der Waals surface area contributed by atoms with Crippen LogP contribution in [0.2, 0.25) is 0 Å². The number of ether oxygens (including phenoxy) is 1. The molecule has 0 saturated heterocycles. The van der Waals surface area contributed by atoms with Gasteiger partial charge >= 0.3 is 5.97 Å². The number of methoxy groups -OCH3 is 1. The zero-order chi connectivity index (χ0) is 19.3. The Morgan fingerprint density at radius 2 is 1.96 bits per heavy atom. The van der Waals surface area contributed by atoms with Crippen LogP contribution in [0.5, 0.6) is 0 Å². The van der Waals surface area contributed by atoms with Crippen molar-refractivity contribution in [2.45, 2.75) is 32.3 Å². The average Bonchev–Trinajstić information content (AvgIpc) is 2.97. The highest BCUT2D eigenvalue weighted by Gasteiger charge is 2.36. The second-order valence-corrected chi connectivity index (χ2v) is 6.20.